The van der Waals surface area contributed by atoms with E-state index >= 15 is 0 Å². The molecular weight excluding hydrogens is 325 g/mol. The number of aryl methyl sites for hydroxylation is 1. The number of carbonyl (C=O) groups is 1. The summed E-state index contributed by atoms with van der Waals surface area (Å²) in [7, 11) is 1.55. The second kappa shape index (κ2) is 6.05. The van der Waals surface area contributed by atoms with E-state index in [-0.39, 0.29) is 11.7 Å². The Bertz CT molecular complexity index is 658. The van der Waals surface area contributed by atoms with Crippen molar-refractivity contribution in [3.05, 3.63) is 57.8 Å². The van der Waals surface area contributed by atoms with Crippen molar-refractivity contribution in [2.75, 3.05) is 12.4 Å². The van der Waals surface area contributed by atoms with Crippen LogP contribution in [0.25, 0.3) is 0 Å². The van der Waals surface area contributed by atoms with Gasteiger partial charge in [-0.25, -0.2) is 4.39 Å². The van der Waals surface area contributed by atoms with Gasteiger partial charge in [0.1, 0.15) is 11.6 Å². The summed E-state index contributed by atoms with van der Waals surface area (Å²) in [6.07, 6.45) is 0. The molecule has 0 aromatic heterocycles. The maximum atomic E-state index is 13.2. The fourth-order valence-corrected chi connectivity index (χ4v) is 2.27. The standard InChI is InChI=1S/C15H13BrFNO2/c1-9-3-5-11(17)8-13(9)18-15(19)10-4-6-14(20-2)12(16)7-10/h3-8H,1-2H3,(H,18,19). The Balaban J connectivity index is 2.24. The lowest BCUT2D eigenvalue weighted by Crippen LogP contribution is -2.13. The zero-order valence-electron chi connectivity index (χ0n) is 11.0. The van der Waals surface area contributed by atoms with Crippen molar-refractivity contribution in [1.29, 1.82) is 0 Å². The van der Waals surface area contributed by atoms with E-state index in [2.05, 4.69) is 21.2 Å². The maximum Gasteiger partial charge on any atom is 0.255 e. The smallest absolute Gasteiger partial charge is 0.255 e. The number of hydrogen-bond acceptors (Lipinski definition) is 2. The van der Waals surface area contributed by atoms with Gasteiger partial charge >= 0.3 is 0 Å². The highest BCUT2D eigenvalue weighted by Gasteiger charge is 2.10. The van der Waals surface area contributed by atoms with Crippen LogP contribution in [0.4, 0.5) is 10.1 Å². The molecule has 1 amide bonds. The van der Waals surface area contributed by atoms with Crippen LogP contribution in [0.15, 0.2) is 40.9 Å². The van der Waals surface area contributed by atoms with Gasteiger partial charge in [0, 0.05) is 11.3 Å². The van der Waals surface area contributed by atoms with Gasteiger partial charge in [-0.1, -0.05) is 6.07 Å². The van der Waals surface area contributed by atoms with E-state index in [0.717, 1.165) is 5.56 Å². The molecule has 3 nitrogen and oxygen atoms in total. The number of anilines is 1. The minimum absolute atomic E-state index is 0.304. The molecule has 0 aliphatic heterocycles. The molecule has 0 spiro atoms. The molecule has 0 radical (unpaired) electrons. The second-order valence-corrected chi connectivity index (χ2v) is 5.12. The van der Waals surface area contributed by atoms with Crippen LogP contribution >= 0.6 is 15.9 Å². The lowest BCUT2D eigenvalue weighted by Gasteiger charge is -2.10. The number of ether oxygens (including phenoxy) is 1. The second-order valence-electron chi connectivity index (χ2n) is 4.26. The third kappa shape index (κ3) is 3.17. The summed E-state index contributed by atoms with van der Waals surface area (Å²) < 4.78 is 19.0. The minimum atomic E-state index is -0.387. The molecule has 0 atom stereocenters. The first kappa shape index (κ1) is 14.5. The molecule has 1 N–H and O–H groups in total. The van der Waals surface area contributed by atoms with Crippen LogP contribution in [0, 0.1) is 12.7 Å². The van der Waals surface area contributed by atoms with Gasteiger partial charge in [0.2, 0.25) is 0 Å². The molecule has 0 aliphatic rings. The highest BCUT2D eigenvalue weighted by Crippen LogP contribution is 2.26. The number of nitrogens with one attached hydrogen (secondary N) is 1. The van der Waals surface area contributed by atoms with Crippen molar-refractivity contribution in [2.45, 2.75) is 6.92 Å². The third-order valence-corrected chi connectivity index (χ3v) is 3.48. The summed E-state index contributed by atoms with van der Waals surface area (Å²) in [4.78, 5) is 12.1. The minimum Gasteiger partial charge on any atom is -0.496 e. The van der Waals surface area contributed by atoms with E-state index < -0.39 is 0 Å². The van der Waals surface area contributed by atoms with E-state index in [1.165, 1.54) is 12.1 Å². The number of hydrogen-bond donors (Lipinski definition) is 1. The predicted octanol–water partition coefficient (Wildman–Crippen LogP) is 4.16. The Morgan fingerprint density at radius 2 is 2.00 bits per heavy atom. The van der Waals surface area contributed by atoms with Crippen molar-refractivity contribution in [2.24, 2.45) is 0 Å². The lowest BCUT2D eigenvalue weighted by molar-refractivity contribution is 0.102. The first-order valence-electron chi connectivity index (χ1n) is 5.92. The summed E-state index contributed by atoms with van der Waals surface area (Å²) in [5, 5.41) is 2.69. The summed E-state index contributed by atoms with van der Waals surface area (Å²) >= 11 is 3.32. The van der Waals surface area contributed by atoms with Crippen LogP contribution in [0.5, 0.6) is 5.75 Å². The maximum absolute atomic E-state index is 13.2. The van der Waals surface area contributed by atoms with Gasteiger partial charge < -0.3 is 10.1 Å². The van der Waals surface area contributed by atoms with E-state index in [1.807, 2.05) is 0 Å². The van der Waals surface area contributed by atoms with E-state index in [4.69, 9.17) is 4.74 Å². The molecule has 0 saturated heterocycles. The van der Waals surface area contributed by atoms with Crippen LogP contribution in [0.3, 0.4) is 0 Å². The van der Waals surface area contributed by atoms with Crippen molar-refractivity contribution < 1.29 is 13.9 Å². The number of carbonyl (C=O) groups excluding carboxylic acids is 1. The fraction of sp³-hybridized carbons (Fsp3) is 0.133. The van der Waals surface area contributed by atoms with Crippen molar-refractivity contribution in [3.63, 3.8) is 0 Å². The topological polar surface area (TPSA) is 38.3 Å². The van der Waals surface area contributed by atoms with Gasteiger partial charge in [-0.05, 0) is 58.7 Å². The summed E-state index contributed by atoms with van der Waals surface area (Å²) in [5.41, 5.74) is 1.72. The van der Waals surface area contributed by atoms with Gasteiger partial charge in [-0.2, -0.15) is 0 Å². The van der Waals surface area contributed by atoms with Crippen LogP contribution < -0.4 is 10.1 Å². The van der Waals surface area contributed by atoms with E-state index in [1.54, 1.807) is 38.3 Å². The van der Waals surface area contributed by atoms with Crippen LogP contribution in [0.2, 0.25) is 0 Å². The number of rotatable bonds is 3. The summed E-state index contributed by atoms with van der Waals surface area (Å²) in [6, 6.07) is 9.27. The normalized spacial score (nSPS) is 10.2. The highest BCUT2D eigenvalue weighted by molar-refractivity contribution is 9.10. The van der Waals surface area contributed by atoms with E-state index in [9.17, 15) is 9.18 Å². The number of amides is 1. The average molecular weight is 338 g/mol. The SMILES string of the molecule is COc1ccc(C(=O)Nc2cc(F)ccc2C)cc1Br. The zero-order valence-corrected chi connectivity index (χ0v) is 12.6. The number of benzene rings is 2. The van der Waals surface area contributed by atoms with Gasteiger partial charge in [0.25, 0.3) is 5.91 Å². The molecule has 5 heteroatoms. The van der Waals surface area contributed by atoms with Crippen LogP contribution in [-0.2, 0) is 0 Å². The molecule has 0 aliphatic carbocycles. The fourth-order valence-electron chi connectivity index (χ4n) is 1.73. The molecule has 2 aromatic carbocycles. The van der Waals surface area contributed by atoms with Crippen LogP contribution in [0.1, 0.15) is 15.9 Å². The summed E-state index contributed by atoms with van der Waals surface area (Å²) in [5.74, 6) is -0.0487. The quantitative estimate of drug-likeness (QED) is 0.913. The van der Waals surface area contributed by atoms with Crippen molar-refractivity contribution >= 4 is 27.5 Å². The Hall–Kier alpha value is -1.88. The Morgan fingerprint density at radius 3 is 2.65 bits per heavy atom. The molecule has 2 rings (SSSR count). The van der Waals surface area contributed by atoms with Crippen molar-refractivity contribution in [3.8, 4) is 5.75 Å². The van der Waals surface area contributed by atoms with Gasteiger partial charge in [0.15, 0.2) is 0 Å². The molecular formula is C15H13BrFNO2. The highest BCUT2D eigenvalue weighted by atomic mass is 79.9. The molecule has 0 bridgehead atoms. The molecule has 20 heavy (non-hydrogen) atoms. The predicted molar refractivity (Wildman–Crippen MR) is 79.8 cm³/mol. The molecule has 0 saturated carbocycles. The Kier molecular flexibility index (Phi) is 4.39. The molecule has 104 valence electrons. The van der Waals surface area contributed by atoms with Crippen LogP contribution in [-0.4, -0.2) is 13.0 Å². The van der Waals surface area contributed by atoms with Gasteiger partial charge in [0.05, 0.1) is 11.6 Å². The van der Waals surface area contributed by atoms with Crippen molar-refractivity contribution in [1.82, 2.24) is 0 Å². The molecule has 0 unspecified atom stereocenters. The average Bonchev–Trinajstić information content (AvgIpc) is 2.42. The Labute approximate surface area is 124 Å². The zero-order chi connectivity index (χ0) is 14.7. The first-order chi connectivity index (χ1) is 9.51. The number of halogens is 2. The van der Waals surface area contributed by atoms with Gasteiger partial charge in [-0.15, -0.1) is 0 Å². The lowest BCUT2D eigenvalue weighted by atomic mass is 10.1. The van der Waals surface area contributed by atoms with Gasteiger partial charge in [-0.3, -0.25) is 4.79 Å². The third-order valence-electron chi connectivity index (χ3n) is 2.86. The number of methoxy groups -OCH3 is 1. The van der Waals surface area contributed by atoms with E-state index in [0.29, 0.717) is 21.5 Å². The Morgan fingerprint density at radius 1 is 1.25 bits per heavy atom. The largest absolute Gasteiger partial charge is 0.496 e. The summed E-state index contributed by atoms with van der Waals surface area (Å²) in [6.45, 7) is 1.80. The monoisotopic (exact) mass is 337 g/mol. The molecule has 0 fully saturated rings. The molecule has 2 aromatic rings. The first-order valence-corrected chi connectivity index (χ1v) is 6.71. The molecule has 0 heterocycles.